The molecule has 0 radical (unpaired) electrons. The van der Waals surface area contributed by atoms with E-state index in [-0.39, 0.29) is 6.42 Å². The third-order valence-electron chi connectivity index (χ3n) is 5.37. The Labute approximate surface area is 168 Å². The normalized spacial score (nSPS) is 12.4. The summed E-state index contributed by atoms with van der Waals surface area (Å²) in [7, 11) is 0. The number of hydrogen-bond acceptors (Lipinski definition) is 3. The molecule has 5 nitrogen and oxygen atoms in total. The number of carbonyl (C=O) groups is 2. The van der Waals surface area contributed by atoms with Crippen LogP contribution in [0.2, 0.25) is 0 Å². The smallest absolute Gasteiger partial charge is 0.405 e. The van der Waals surface area contributed by atoms with Crippen molar-refractivity contribution in [2.75, 3.05) is 6.61 Å². The van der Waals surface area contributed by atoms with Gasteiger partial charge in [-0.25, -0.2) is 9.59 Å². The van der Waals surface area contributed by atoms with Crippen LogP contribution in [0, 0.1) is 0 Å². The van der Waals surface area contributed by atoms with E-state index in [1.54, 1.807) is 0 Å². The van der Waals surface area contributed by atoms with E-state index in [2.05, 4.69) is 41.7 Å². The molecule has 0 saturated carbocycles. The summed E-state index contributed by atoms with van der Waals surface area (Å²) >= 11 is 0. The van der Waals surface area contributed by atoms with Crippen LogP contribution in [0.25, 0.3) is 32.3 Å². The standard InChI is InChI=1S/C24H23NO4/c1-2-3-13-29-23(26)20(25-24(27)28)14-18-10-9-17-8-7-15-5-4-6-16-11-12-19(18)22(17)21(15)16/h4-12,20,25H,2-3,13-14H2,1H3,(H,27,28)/t20-/m0/s1. The molecule has 0 aromatic heterocycles. The van der Waals surface area contributed by atoms with Crippen molar-refractivity contribution >= 4 is 44.4 Å². The Kier molecular flexibility index (Phi) is 5.21. The van der Waals surface area contributed by atoms with Crippen LogP contribution in [0.4, 0.5) is 4.79 Å². The van der Waals surface area contributed by atoms with Gasteiger partial charge in [0.15, 0.2) is 0 Å². The maximum atomic E-state index is 12.5. The fraction of sp³-hybridized carbons (Fsp3) is 0.250. The molecule has 0 aliphatic heterocycles. The highest BCUT2D eigenvalue weighted by molar-refractivity contribution is 6.23. The largest absolute Gasteiger partial charge is 0.465 e. The molecule has 4 aromatic carbocycles. The Morgan fingerprint density at radius 2 is 1.62 bits per heavy atom. The molecule has 0 spiro atoms. The van der Waals surface area contributed by atoms with E-state index in [1.807, 2.05) is 25.1 Å². The van der Waals surface area contributed by atoms with Gasteiger partial charge in [0.2, 0.25) is 0 Å². The van der Waals surface area contributed by atoms with Gasteiger partial charge < -0.3 is 15.2 Å². The summed E-state index contributed by atoms with van der Waals surface area (Å²) < 4.78 is 5.28. The molecule has 0 saturated heterocycles. The minimum absolute atomic E-state index is 0.241. The highest BCUT2D eigenvalue weighted by Crippen LogP contribution is 2.36. The van der Waals surface area contributed by atoms with E-state index in [1.165, 1.54) is 5.39 Å². The Morgan fingerprint density at radius 3 is 2.31 bits per heavy atom. The lowest BCUT2D eigenvalue weighted by molar-refractivity contribution is -0.146. The highest BCUT2D eigenvalue weighted by atomic mass is 16.5. The molecule has 1 amide bonds. The molecule has 148 valence electrons. The molecule has 4 rings (SSSR count). The number of ether oxygens (including phenoxy) is 1. The van der Waals surface area contributed by atoms with Gasteiger partial charge in [-0.3, -0.25) is 0 Å². The second kappa shape index (κ2) is 7.95. The van der Waals surface area contributed by atoms with Gasteiger partial charge in [0, 0.05) is 6.42 Å². The lowest BCUT2D eigenvalue weighted by Crippen LogP contribution is -2.42. The van der Waals surface area contributed by atoms with E-state index >= 15 is 0 Å². The Hall–Kier alpha value is -3.34. The summed E-state index contributed by atoms with van der Waals surface area (Å²) in [5, 5.41) is 18.3. The van der Waals surface area contributed by atoms with Crippen LogP contribution in [0.3, 0.4) is 0 Å². The minimum atomic E-state index is -1.24. The number of unbranched alkanes of at least 4 members (excludes halogenated alkanes) is 1. The lowest BCUT2D eigenvalue weighted by Gasteiger charge is -2.18. The minimum Gasteiger partial charge on any atom is -0.465 e. The molecule has 0 heterocycles. The van der Waals surface area contributed by atoms with Gasteiger partial charge in [0.1, 0.15) is 6.04 Å². The van der Waals surface area contributed by atoms with Crippen LogP contribution < -0.4 is 5.32 Å². The van der Waals surface area contributed by atoms with Gasteiger partial charge in [0.25, 0.3) is 0 Å². The number of hydrogen-bond donors (Lipinski definition) is 2. The van der Waals surface area contributed by atoms with E-state index in [9.17, 15) is 14.7 Å². The van der Waals surface area contributed by atoms with Gasteiger partial charge in [-0.2, -0.15) is 0 Å². The highest BCUT2D eigenvalue weighted by Gasteiger charge is 2.24. The van der Waals surface area contributed by atoms with Crippen molar-refractivity contribution in [2.45, 2.75) is 32.2 Å². The van der Waals surface area contributed by atoms with Crippen LogP contribution in [0.15, 0.2) is 54.6 Å². The Balaban J connectivity index is 1.75. The molecule has 4 aromatic rings. The zero-order valence-corrected chi connectivity index (χ0v) is 16.3. The first-order valence-electron chi connectivity index (χ1n) is 9.90. The lowest BCUT2D eigenvalue weighted by atomic mass is 9.90. The molecule has 0 unspecified atom stereocenters. The number of carboxylic acid groups (broad SMARTS) is 1. The van der Waals surface area contributed by atoms with Crippen LogP contribution in [0.5, 0.6) is 0 Å². The predicted octanol–water partition coefficient (Wildman–Crippen LogP) is 5.11. The van der Waals surface area contributed by atoms with Gasteiger partial charge in [-0.05, 0) is 44.3 Å². The van der Waals surface area contributed by atoms with E-state index in [0.717, 1.165) is 45.3 Å². The van der Waals surface area contributed by atoms with Gasteiger partial charge in [0.05, 0.1) is 6.61 Å². The first-order valence-corrected chi connectivity index (χ1v) is 9.90. The van der Waals surface area contributed by atoms with Crippen molar-refractivity contribution < 1.29 is 19.4 Å². The molecule has 2 N–H and O–H groups in total. The number of benzene rings is 4. The van der Waals surface area contributed by atoms with Crippen molar-refractivity contribution in [3.63, 3.8) is 0 Å². The van der Waals surface area contributed by atoms with E-state index in [4.69, 9.17) is 4.74 Å². The third-order valence-corrected chi connectivity index (χ3v) is 5.37. The Morgan fingerprint density at radius 1 is 0.966 bits per heavy atom. The summed E-state index contributed by atoms with van der Waals surface area (Å²) in [6, 6.07) is 17.6. The molecule has 0 aliphatic rings. The van der Waals surface area contributed by atoms with Crippen LogP contribution in [0.1, 0.15) is 25.3 Å². The summed E-state index contributed by atoms with van der Waals surface area (Å²) in [4.78, 5) is 23.7. The zero-order valence-electron chi connectivity index (χ0n) is 16.3. The fourth-order valence-corrected chi connectivity index (χ4v) is 3.95. The second-order valence-corrected chi connectivity index (χ2v) is 7.31. The van der Waals surface area contributed by atoms with Gasteiger partial charge in [-0.15, -0.1) is 0 Å². The quantitative estimate of drug-likeness (QED) is 0.262. The number of carbonyl (C=O) groups excluding carboxylic acids is 1. The number of esters is 1. The average molecular weight is 389 g/mol. The molecular weight excluding hydrogens is 366 g/mol. The molecule has 5 heteroatoms. The molecular formula is C24H23NO4. The van der Waals surface area contributed by atoms with Crippen molar-refractivity contribution in [3.8, 4) is 0 Å². The van der Waals surface area contributed by atoms with Crippen molar-refractivity contribution in [1.82, 2.24) is 5.32 Å². The van der Waals surface area contributed by atoms with Crippen molar-refractivity contribution in [1.29, 1.82) is 0 Å². The summed E-state index contributed by atoms with van der Waals surface area (Å²) in [6.07, 6.45) is 0.662. The second-order valence-electron chi connectivity index (χ2n) is 7.31. The summed E-state index contributed by atoms with van der Waals surface area (Å²) in [5.41, 5.74) is 0.918. The SMILES string of the molecule is CCCCOC(=O)[C@H](Cc1ccc2ccc3cccc4ccc1c2c34)NC(=O)O. The van der Waals surface area contributed by atoms with Gasteiger partial charge >= 0.3 is 12.1 Å². The molecule has 29 heavy (non-hydrogen) atoms. The van der Waals surface area contributed by atoms with Crippen molar-refractivity contribution in [2.24, 2.45) is 0 Å². The van der Waals surface area contributed by atoms with Crippen LogP contribution in [-0.2, 0) is 16.0 Å². The summed E-state index contributed by atoms with van der Waals surface area (Å²) in [6.45, 7) is 2.30. The van der Waals surface area contributed by atoms with Crippen LogP contribution >= 0.6 is 0 Å². The molecule has 0 bridgehead atoms. The topological polar surface area (TPSA) is 75.6 Å². The number of nitrogens with one attached hydrogen (secondary N) is 1. The molecule has 0 aliphatic carbocycles. The summed E-state index contributed by atoms with van der Waals surface area (Å²) in [5.74, 6) is -0.536. The maximum absolute atomic E-state index is 12.5. The van der Waals surface area contributed by atoms with E-state index < -0.39 is 18.1 Å². The third kappa shape index (κ3) is 3.68. The van der Waals surface area contributed by atoms with Gasteiger partial charge in [-0.1, -0.05) is 67.9 Å². The maximum Gasteiger partial charge on any atom is 0.405 e. The van der Waals surface area contributed by atoms with Crippen molar-refractivity contribution in [3.05, 3.63) is 60.2 Å². The van der Waals surface area contributed by atoms with E-state index in [0.29, 0.717) is 6.61 Å². The average Bonchev–Trinajstić information content (AvgIpc) is 2.72. The first-order chi connectivity index (χ1) is 14.1. The molecule has 1 atom stereocenters. The first kappa shape index (κ1) is 19.0. The zero-order chi connectivity index (χ0) is 20.4. The predicted molar refractivity (Wildman–Crippen MR) is 115 cm³/mol. The monoisotopic (exact) mass is 389 g/mol. The number of amides is 1. The fourth-order valence-electron chi connectivity index (χ4n) is 3.95. The Bertz CT molecular complexity index is 1170. The molecule has 0 fully saturated rings. The number of rotatable bonds is 7. The van der Waals surface area contributed by atoms with Crippen LogP contribution in [-0.4, -0.2) is 29.8 Å².